The van der Waals surface area contributed by atoms with Crippen molar-refractivity contribution in [3.63, 3.8) is 0 Å². The smallest absolute Gasteiger partial charge is 0.186 e. The summed E-state index contributed by atoms with van der Waals surface area (Å²) in [6, 6.07) is -0.463. The van der Waals surface area contributed by atoms with Gasteiger partial charge in [-0.3, -0.25) is 4.79 Å². The fraction of sp³-hybridized carbons (Fsp3) is 0.800. The number of nitrogens with zero attached hydrogens (tertiary/aromatic N) is 1. The molecule has 0 aliphatic heterocycles. The van der Waals surface area contributed by atoms with Crippen LogP contribution in [0.4, 0.5) is 0 Å². The van der Waals surface area contributed by atoms with Gasteiger partial charge in [0.15, 0.2) is 11.7 Å². The second-order valence-electron chi connectivity index (χ2n) is 3.44. The Kier molecular flexibility index (Phi) is 5.28. The number of aliphatic imine (C=N–C) groups is 1. The van der Waals surface area contributed by atoms with Gasteiger partial charge in [-0.05, 0) is 26.2 Å². The van der Waals surface area contributed by atoms with E-state index in [0.29, 0.717) is 12.8 Å². The highest BCUT2D eigenvalue weighted by Gasteiger charge is 2.45. The third kappa shape index (κ3) is 3.20. The molecule has 2 atom stereocenters. The highest BCUT2D eigenvalue weighted by molar-refractivity contribution is 5.86. The maximum absolute atomic E-state index is 11.2. The van der Waals surface area contributed by atoms with E-state index >= 15 is 0 Å². The van der Waals surface area contributed by atoms with E-state index < -0.39 is 11.6 Å². The van der Waals surface area contributed by atoms with Crippen LogP contribution >= 0.6 is 0 Å². The van der Waals surface area contributed by atoms with Gasteiger partial charge in [-0.1, -0.05) is 13.8 Å². The van der Waals surface area contributed by atoms with Gasteiger partial charge in [0.05, 0.1) is 6.04 Å². The Hall–Kier alpha value is -1.10. The Bertz CT molecular complexity index is 249. The van der Waals surface area contributed by atoms with Crippen molar-refractivity contribution in [2.45, 2.75) is 51.7 Å². The van der Waals surface area contributed by atoms with E-state index in [1.807, 2.05) is 13.8 Å². The van der Waals surface area contributed by atoms with E-state index in [4.69, 9.17) is 11.5 Å². The molecule has 5 heteroatoms. The summed E-state index contributed by atoms with van der Waals surface area (Å²) in [4.78, 5) is 15.0. The molecular formula is C10H21N3O2. The van der Waals surface area contributed by atoms with Crippen molar-refractivity contribution in [3.05, 3.63) is 0 Å². The summed E-state index contributed by atoms with van der Waals surface area (Å²) in [5.41, 5.74) is 9.05. The zero-order valence-electron chi connectivity index (χ0n) is 9.66. The van der Waals surface area contributed by atoms with Gasteiger partial charge in [0.2, 0.25) is 0 Å². The van der Waals surface area contributed by atoms with Crippen molar-refractivity contribution in [1.29, 1.82) is 0 Å². The summed E-state index contributed by atoms with van der Waals surface area (Å²) in [6.07, 6.45) is 1.88. The Morgan fingerprint density at radius 2 is 2.00 bits per heavy atom. The summed E-state index contributed by atoms with van der Waals surface area (Å²) in [5.74, 6) is -0.341. The van der Waals surface area contributed by atoms with Crippen molar-refractivity contribution >= 4 is 11.7 Å². The van der Waals surface area contributed by atoms with E-state index in [1.54, 1.807) is 0 Å². The molecule has 0 spiro atoms. The molecule has 1 fully saturated rings. The van der Waals surface area contributed by atoms with Crippen LogP contribution in [0.1, 0.15) is 40.0 Å². The molecule has 0 bridgehead atoms. The van der Waals surface area contributed by atoms with Crippen LogP contribution in [0.2, 0.25) is 0 Å². The van der Waals surface area contributed by atoms with E-state index in [0.717, 1.165) is 6.42 Å². The molecular weight excluding hydrogens is 194 g/mol. The number of rotatable bonds is 2. The largest absolute Gasteiger partial charge is 0.380 e. The number of carbonyl (C=O) groups is 1. The number of guanidine groups is 1. The van der Waals surface area contributed by atoms with Gasteiger partial charge in [0.1, 0.15) is 5.60 Å². The fourth-order valence-electron chi connectivity index (χ4n) is 1.73. The maximum atomic E-state index is 11.2. The topological polar surface area (TPSA) is 102 Å². The summed E-state index contributed by atoms with van der Waals surface area (Å²) in [5, 5.41) is 9.91. The van der Waals surface area contributed by atoms with Gasteiger partial charge in [0.25, 0.3) is 0 Å². The van der Waals surface area contributed by atoms with Crippen LogP contribution in [0, 0.1) is 0 Å². The van der Waals surface area contributed by atoms with Crippen LogP contribution in [-0.2, 0) is 4.79 Å². The third-order valence-electron chi connectivity index (χ3n) is 2.50. The summed E-state index contributed by atoms with van der Waals surface area (Å²) in [7, 11) is 0. The molecule has 0 aromatic heterocycles. The number of ketones is 1. The highest BCUT2D eigenvalue weighted by atomic mass is 16.3. The molecule has 0 aromatic rings. The van der Waals surface area contributed by atoms with E-state index in [9.17, 15) is 9.90 Å². The predicted molar refractivity (Wildman–Crippen MR) is 60.4 cm³/mol. The molecule has 1 aliphatic rings. The van der Waals surface area contributed by atoms with E-state index in [1.165, 1.54) is 6.92 Å². The molecule has 88 valence electrons. The van der Waals surface area contributed by atoms with Crippen LogP contribution < -0.4 is 11.5 Å². The lowest BCUT2D eigenvalue weighted by Crippen LogP contribution is -2.44. The minimum Gasteiger partial charge on any atom is -0.380 e. The summed E-state index contributed by atoms with van der Waals surface area (Å²) < 4.78 is 0. The van der Waals surface area contributed by atoms with Crippen LogP contribution in [0.15, 0.2) is 4.99 Å². The van der Waals surface area contributed by atoms with Crippen LogP contribution in [0.5, 0.6) is 0 Å². The van der Waals surface area contributed by atoms with Gasteiger partial charge in [-0.25, -0.2) is 4.99 Å². The lowest BCUT2D eigenvalue weighted by molar-refractivity contribution is -0.135. The Balaban J connectivity index is 0.000000921. The molecule has 1 rings (SSSR count). The minimum atomic E-state index is -1.34. The Labute approximate surface area is 90.6 Å². The average molecular weight is 215 g/mol. The zero-order valence-corrected chi connectivity index (χ0v) is 9.66. The van der Waals surface area contributed by atoms with Gasteiger partial charge < -0.3 is 16.6 Å². The number of aliphatic hydroxyl groups is 1. The van der Waals surface area contributed by atoms with Crippen molar-refractivity contribution < 1.29 is 9.90 Å². The van der Waals surface area contributed by atoms with E-state index in [2.05, 4.69) is 4.99 Å². The molecule has 5 nitrogen and oxygen atoms in total. The summed E-state index contributed by atoms with van der Waals surface area (Å²) >= 11 is 0. The first kappa shape index (κ1) is 13.9. The van der Waals surface area contributed by atoms with Crippen molar-refractivity contribution in [2.24, 2.45) is 16.5 Å². The van der Waals surface area contributed by atoms with Crippen LogP contribution in [0.3, 0.4) is 0 Å². The maximum Gasteiger partial charge on any atom is 0.186 e. The normalized spacial score (nSPS) is 28.9. The second kappa shape index (κ2) is 5.70. The lowest BCUT2D eigenvalue weighted by Gasteiger charge is -2.24. The van der Waals surface area contributed by atoms with E-state index in [-0.39, 0.29) is 11.7 Å². The first-order valence-corrected chi connectivity index (χ1v) is 5.29. The molecule has 0 heterocycles. The zero-order chi connectivity index (χ0) is 12.1. The average Bonchev–Trinajstić information content (AvgIpc) is 2.52. The standard InChI is InChI=1S/C8H15N3O2.C2H6/c1-5(12)8(13)4-2-3-6(8)11-7(9)10;1-2/h6,13H,2-4H2,1H3,(H4,9,10,11);1-2H3. The number of hydrogen-bond donors (Lipinski definition) is 3. The second-order valence-corrected chi connectivity index (χ2v) is 3.44. The van der Waals surface area contributed by atoms with Crippen LogP contribution in [-0.4, -0.2) is 28.5 Å². The Morgan fingerprint density at radius 1 is 1.47 bits per heavy atom. The molecule has 5 N–H and O–H groups in total. The van der Waals surface area contributed by atoms with Gasteiger partial charge in [0, 0.05) is 0 Å². The lowest BCUT2D eigenvalue weighted by atomic mass is 9.94. The fourth-order valence-corrected chi connectivity index (χ4v) is 1.73. The van der Waals surface area contributed by atoms with Crippen molar-refractivity contribution in [3.8, 4) is 0 Å². The SMILES string of the molecule is CC.CC(=O)C1(O)CCCC1N=C(N)N. The monoisotopic (exact) mass is 215 g/mol. The Morgan fingerprint density at radius 3 is 2.40 bits per heavy atom. The summed E-state index contributed by atoms with van der Waals surface area (Å²) in [6.45, 7) is 5.36. The molecule has 0 saturated heterocycles. The third-order valence-corrected chi connectivity index (χ3v) is 2.50. The highest BCUT2D eigenvalue weighted by Crippen LogP contribution is 2.33. The number of nitrogens with two attached hydrogens (primary N) is 2. The first-order valence-electron chi connectivity index (χ1n) is 5.29. The number of carbonyl (C=O) groups excluding carboxylic acids is 1. The number of Topliss-reactive ketones (excluding diaryl/α,β-unsaturated/α-hetero) is 1. The quantitative estimate of drug-likeness (QED) is 0.451. The van der Waals surface area contributed by atoms with Gasteiger partial charge in [-0.15, -0.1) is 0 Å². The van der Waals surface area contributed by atoms with Crippen LogP contribution in [0.25, 0.3) is 0 Å². The predicted octanol–water partition coefficient (Wildman–Crippen LogP) is 0.159. The molecule has 0 aromatic carbocycles. The molecule has 2 unspecified atom stereocenters. The molecule has 1 aliphatic carbocycles. The van der Waals surface area contributed by atoms with Gasteiger partial charge in [-0.2, -0.15) is 0 Å². The molecule has 0 radical (unpaired) electrons. The first-order chi connectivity index (χ1) is 6.97. The van der Waals surface area contributed by atoms with Gasteiger partial charge >= 0.3 is 0 Å². The van der Waals surface area contributed by atoms with Crippen molar-refractivity contribution in [2.75, 3.05) is 0 Å². The minimum absolute atomic E-state index is 0.0772. The van der Waals surface area contributed by atoms with Crippen molar-refractivity contribution in [1.82, 2.24) is 0 Å². The molecule has 1 saturated carbocycles. The molecule has 15 heavy (non-hydrogen) atoms. The molecule has 0 amide bonds. The number of hydrogen-bond acceptors (Lipinski definition) is 3.